The van der Waals surface area contributed by atoms with Crippen LogP contribution in [-0.4, -0.2) is 6.04 Å². The van der Waals surface area contributed by atoms with E-state index in [4.69, 9.17) is 0 Å². The van der Waals surface area contributed by atoms with E-state index in [2.05, 4.69) is 121 Å². The number of benzene rings is 3. The van der Waals surface area contributed by atoms with E-state index >= 15 is 0 Å². The summed E-state index contributed by atoms with van der Waals surface area (Å²) in [5.74, 6) is 0.911. The van der Waals surface area contributed by atoms with Crippen LogP contribution in [0, 0.1) is 0 Å². The molecule has 4 rings (SSSR count). The third-order valence-corrected chi connectivity index (χ3v) is 6.94. The van der Waals surface area contributed by atoms with Crippen molar-refractivity contribution in [3.05, 3.63) is 82.9 Å². The molecule has 0 unspecified atom stereocenters. The summed E-state index contributed by atoms with van der Waals surface area (Å²) < 4.78 is 0. The largest absolute Gasteiger partial charge is 0.338 e. The van der Waals surface area contributed by atoms with Crippen molar-refractivity contribution in [1.29, 1.82) is 0 Å². The zero-order valence-corrected chi connectivity index (χ0v) is 20.5. The van der Waals surface area contributed by atoms with Gasteiger partial charge >= 0.3 is 0 Å². The summed E-state index contributed by atoms with van der Waals surface area (Å²) in [5.41, 5.74) is 11.4. The van der Waals surface area contributed by atoms with E-state index in [0.29, 0.717) is 17.9 Å². The zero-order chi connectivity index (χ0) is 22.5. The Labute approximate surface area is 189 Å². The molecule has 0 heterocycles. The summed E-state index contributed by atoms with van der Waals surface area (Å²) in [7, 11) is 0. The molecule has 0 atom stereocenters. The third-order valence-electron chi connectivity index (χ3n) is 6.94. The first-order valence-corrected chi connectivity index (χ1v) is 11.8. The zero-order valence-electron chi connectivity index (χ0n) is 20.5. The maximum Gasteiger partial charge on any atom is 0.0454 e. The predicted octanol–water partition coefficient (Wildman–Crippen LogP) is 8.79. The molecule has 1 aliphatic carbocycles. The molecule has 1 heteroatoms. The van der Waals surface area contributed by atoms with Gasteiger partial charge in [-0.15, -0.1) is 0 Å². The molecule has 162 valence electrons. The van der Waals surface area contributed by atoms with E-state index in [0.717, 1.165) is 0 Å². The van der Waals surface area contributed by atoms with Crippen LogP contribution in [0.4, 0.5) is 11.4 Å². The molecule has 0 aromatic heterocycles. The highest BCUT2D eigenvalue weighted by molar-refractivity contribution is 5.88. The molecule has 3 aromatic carbocycles. The van der Waals surface area contributed by atoms with Crippen LogP contribution in [0.3, 0.4) is 0 Å². The summed E-state index contributed by atoms with van der Waals surface area (Å²) in [6.45, 7) is 18.6. The second kappa shape index (κ2) is 7.86. The lowest BCUT2D eigenvalue weighted by atomic mass is 9.81. The van der Waals surface area contributed by atoms with Crippen molar-refractivity contribution in [2.75, 3.05) is 4.90 Å². The SMILES string of the molecule is CC(C)c1ccccc1N(c1ccc2c(c1C(C)C)-c1ccccc1C2(C)C)C(C)C. The fourth-order valence-electron chi connectivity index (χ4n) is 5.49. The van der Waals surface area contributed by atoms with Gasteiger partial charge in [0.25, 0.3) is 0 Å². The molecule has 0 N–H and O–H groups in total. The number of rotatable bonds is 5. The van der Waals surface area contributed by atoms with Crippen molar-refractivity contribution < 1.29 is 0 Å². The highest BCUT2D eigenvalue weighted by atomic mass is 15.2. The van der Waals surface area contributed by atoms with Crippen molar-refractivity contribution in [3.63, 3.8) is 0 Å². The van der Waals surface area contributed by atoms with Crippen LogP contribution in [0.5, 0.6) is 0 Å². The average Bonchev–Trinajstić information content (AvgIpc) is 2.95. The lowest BCUT2D eigenvalue weighted by molar-refractivity contribution is 0.659. The number of para-hydroxylation sites is 1. The van der Waals surface area contributed by atoms with Crippen LogP contribution >= 0.6 is 0 Å². The predicted molar refractivity (Wildman–Crippen MR) is 136 cm³/mol. The lowest BCUT2D eigenvalue weighted by Crippen LogP contribution is -2.28. The Morgan fingerprint density at radius 1 is 0.645 bits per heavy atom. The van der Waals surface area contributed by atoms with Gasteiger partial charge in [0.2, 0.25) is 0 Å². The topological polar surface area (TPSA) is 3.24 Å². The van der Waals surface area contributed by atoms with Gasteiger partial charge < -0.3 is 4.90 Å². The van der Waals surface area contributed by atoms with Crippen molar-refractivity contribution >= 4 is 11.4 Å². The Hall–Kier alpha value is -2.54. The van der Waals surface area contributed by atoms with Crippen LogP contribution < -0.4 is 4.90 Å². The van der Waals surface area contributed by atoms with E-state index in [1.165, 1.54) is 44.8 Å². The normalized spacial score (nSPS) is 14.3. The monoisotopic (exact) mass is 411 g/mol. The van der Waals surface area contributed by atoms with E-state index in [-0.39, 0.29) is 5.41 Å². The minimum absolute atomic E-state index is 0.0343. The highest BCUT2D eigenvalue weighted by Gasteiger charge is 2.38. The van der Waals surface area contributed by atoms with Crippen LogP contribution in [-0.2, 0) is 5.41 Å². The summed E-state index contributed by atoms with van der Waals surface area (Å²) in [6, 6.07) is 23.1. The Balaban J connectivity index is 2.04. The van der Waals surface area contributed by atoms with Crippen molar-refractivity contribution in [2.24, 2.45) is 0 Å². The second-order valence-electron chi connectivity index (χ2n) is 10.4. The summed E-state index contributed by atoms with van der Waals surface area (Å²) >= 11 is 0. The maximum atomic E-state index is 2.57. The van der Waals surface area contributed by atoms with E-state index < -0.39 is 0 Å². The molecule has 31 heavy (non-hydrogen) atoms. The molecule has 0 saturated heterocycles. The Bertz CT molecular complexity index is 1100. The molecular weight excluding hydrogens is 374 g/mol. The molecule has 0 spiro atoms. The fourth-order valence-corrected chi connectivity index (χ4v) is 5.49. The third kappa shape index (κ3) is 3.39. The first-order valence-electron chi connectivity index (χ1n) is 11.8. The molecule has 1 nitrogen and oxygen atoms in total. The second-order valence-corrected chi connectivity index (χ2v) is 10.4. The first-order chi connectivity index (χ1) is 14.7. The summed E-state index contributed by atoms with van der Waals surface area (Å²) in [5, 5.41) is 0. The molecule has 0 radical (unpaired) electrons. The van der Waals surface area contributed by atoms with E-state index in [9.17, 15) is 0 Å². The Kier molecular flexibility index (Phi) is 5.50. The van der Waals surface area contributed by atoms with Gasteiger partial charge in [0, 0.05) is 22.8 Å². The van der Waals surface area contributed by atoms with Crippen molar-refractivity contribution in [3.8, 4) is 11.1 Å². The van der Waals surface area contributed by atoms with Gasteiger partial charge in [0.1, 0.15) is 0 Å². The van der Waals surface area contributed by atoms with Crippen molar-refractivity contribution in [1.82, 2.24) is 0 Å². The van der Waals surface area contributed by atoms with Gasteiger partial charge in [0.05, 0.1) is 0 Å². The lowest BCUT2D eigenvalue weighted by Gasteiger charge is -2.35. The number of hydrogen-bond acceptors (Lipinski definition) is 1. The molecule has 3 aromatic rings. The van der Waals surface area contributed by atoms with Crippen LogP contribution in [0.25, 0.3) is 11.1 Å². The Morgan fingerprint density at radius 3 is 1.94 bits per heavy atom. The standard InChI is InChI=1S/C30H37N/c1-19(2)22-13-10-12-16-26(22)31(21(5)6)27-18-17-25-29(28(27)20(3)4)23-14-9-11-15-24(23)30(25,7)8/h9-21H,1-8H3. The average molecular weight is 412 g/mol. The van der Waals surface area contributed by atoms with Crippen molar-refractivity contribution in [2.45, 2.75) is 78.7 Å². The van der Waals surface area contributed by atoms with Crippen LogP contribution in [0.1, 0.15) is 89.5 Å². The summed E-state index contributed by atoms with van der Waals surface area (Å²) in [4.78, 5) is 2.57. The van der Waals surface area contributed by atoms with Gasteiger partial charge in [-0.3, -0.25) is 0 Å². The number of anilines is 2. The minimum Gasteiger partial charge on any atom is -0.338 e. The van der Waals surface area contributed by atoms with Gasteiger partial charge in [-0.1, -0.05) is 90.1 Å². The Morgan fingerprint density at radius 2 is 1.29 bits per heavy atom. The number of hydrogen-bond donors (Lipinski definition) is 0. The fraction of sp³-hybridized carbons (Fsp3) is 0.400. The molecule has 0 aliphatic heterocycles. The number of nitrogens with zero attached hydrogens (tertiary/aromatic N) is 1. The number of fused-ring (bicyclic) bond motifs is 3. The smallest absolute Gasteiger partial charge is 0.0454 e. The van der Waals surface area contributed by atoms with Gasteiger partial charge in [0.15, 0.2) is 0 Å². The molecule has 1 aliphatic rings. The van der Waals surface area contributed by atoms with Gasteiger partial charge in [-0.05, 0) is 71.2 Å². The molecule has 0 saturated carbocycles. The van der Waals surface area contributed by atoms with E-state index in [1.807, 2.05) is 0 Å². The molecule has 0 fully saturated rings. The quantitative estimate of drug-likeness (QED) is 0.405. The molecule has 0 amide bonds. The minimum atomic E-state index is 0.0343. The highest BCUT2D eigenvalue weighted by Crippen LogP contribution is 2.54. The first kappa shape index (κ1) is 21.7. The summed E-state index contributed by atoms with van der Waals surface area (Å²) in [6.07, 6.45) is 0. The van der Waals surface area contributed by atoms with E-state index in [1.54, 1.807) is 0 Å². The molecule has 0 bridgehead atoms. The van der Waals surface area contributed by atoms with Gasteiger partial charge in [-0.25, -0.2) is 0 Å². The maximum absolute atomic E-state index is 2.57. The van der Waals surface area contributed by atoms with Gasteiger partial charge in [-0.2, -0.15) is 0 Å². The van der Waals surface area contributed by atoms with Crippen LogP contribution in [0.15, 0.2) is 60.7 Å². The van der Waals surface area contributed by atoms with Crippen LogP contribution in [0.2, 0.25) is 0 Å². The molecular formula is C30H37N.